The van der Waals surface area contributed by atoms with Gasteiger partial charge in [0.2, 0.25) is 0 Å². The molecule has 0 spiro atoms. The van der Waals surface area contributed by atoms with Gasteiger partial charge in [-0.15, -0.1) is 0 Å². The quantitative estimate of drug-likeness (QED) is 0.245. The molecule has 0 aromatic heterocycles. The van der Waals surface area contributed by atoms with E-state index in [1.165, 1.54) is 70.6 Å². The van der Waals surface area contributed by atoms with Gasteiger partial charge in [-0.1, -0.05) is 58.3 Å². The lowest BCUT2D eigenvalue weighted by Crippen LogP contribution is -2.39. The van der Waals surface area contributed by atoms with Crippen LogP contribution in [-0.4, -0.2) is 25.8 Å². The Bertz CT molecular complexity index is 211. The van der Waals surface area contributed by atoms with Crippen LogP contribution in [0.2, 0.25) is 0 Å². The first kappa shape index (κ1) is 21.8. The van der Waals surface area contributed by atoms with Crippen molar-refractivity contribution in [2.24, 2.45) is 23.1 Å². The minimum Gasteiger partial charge on any atom is -0.330 e. The highest BCUT2D eigenvalue weighted by atomic mass is 15.0. The summed E-state index contributed by atoms with van der Waals surface area (Å²) in [4.78, 5) is 0. The topological polar surface area (TPSA) is 90.1 Å². The summed E-state index contributed by atoms with van der Waals surface area (Å²) < 4.78 is 0. The summed E-state index contributed by atoms with van der Waals surface area (Å²) in [7, 11) is 0. The molecule has 0 rings (SSSR count). The van der Waals surface area contributed by atoms with Crippen LogP contribution in [0.25, 0.3) is 0 Å². The van der Waals surface area contributed by atoms with E-state index >= 15 is 0 Å². The molecule has 0 aromatic carbocycles. The summed E-state index contributed by atoms with van der Waals surface area (Å²) in [5.41, 5.74) is 17.1. The fourth-order valence-electron chi connectivity index (χ4n) is 2.76. The Labute approximate surface area is 139 Å². The third-order valence-corrected chi connectivity index (χ3v) is 4.35. The van der Waals surface area contributed by atoms with E-state index in [9.17, 15) is 0 Å². The van der Waals surface area contributed by atoms with Crippen molar-refractivity contribution < 1.29 is 0 Å². The summed E-state index contributed by atoms with van der Waals surface area (Å²) in [6, 6.07) is 0. The largest absolute Gasteiger partial charge is 0.330 e. The molecular weight excluding hydrogens is 272 g/mol. The van der Waals surface area contributed by atoms with Crippen LogP contribution in [0.1, 0.15) is 84.0 Å². The molecule has 4 nitrogen and oxygen atoms in total. The number of nitrogens with one attached hydrogen (secondary N) is 1. The molecule has 0 saturated carbocycles. The lowest BCUT2D eigenvalue weighted by Gasteiger charge is -2.17. The second-order valence-electron chi connectivity index (χ2n) is 6.81. The van der Waals surface area contributed by atoms with Crippen LogP contribution in [0, 0.1) is 5.92 Å². The number of hydrogen-bond donors (Lipinski definition) is 4. The Morgan fingerprint density at radius 1 is 0.682 bits per heavy atom. The van der Waals surface area contributed by atoms with Crippen molar-refractivity contribution >= 4 is 0 Å². The Balaban J connectivity index is 3.31. The summed E-state index contributed by atoms with van der Waals surface area (Å²) in [5, 5.41) is 3.49. The third-order valence-electron chi connectivity index (χ3n) is 4.35. The van der Waals surface area contributed by atoms with Crippen molar-refractivity contribution in [3.8, 4) is 0 Å². The van der Waals surface area contributed by atoms with Crippen molar-refractivity contribution in [2.75, 3.05) is 19.6 Å². The average molecular weight is 315 g/mol. The lowest BCUT2D eigenvalue weighted by atomic mass is 10.0. The molecule has 134 valence electrons. The Morgan fingerprint density at radius 3 is 1.68 bits per heavy atom. The van der Waals surface area contributed by atoms with Crippen LogP contribution in [0.15, 0.2) is 0 Å². The van der Waals surface area contributed by atoms with Gasteiger partial charge in [0.05, 0.1) is 6.17 Å². The molecule has 0 aliphatic carbocycles. The van der Waals surface area contributed by atoms with Crippen LogP contribution < -0.4 is 22.5 Å². The van der Waals surface area contributed by atoms with Crippen molar-refractivity contribution in [1.29, 1.82) is 0 Å². The first-order valence-corrected chi connectivity index (χ1v) is 9.59. The fourth-order valence-corrected chi connectivity index (χ4v) is 2.76. The highest BCUT2D eigenvalue weighted by molar-refractivity contribution is 4.63. The first-order valence-electron chi connectivity index (χ1n) is 9.59. The SMILES string of the molecule is CC(CCCCCCN)CNC(N)CCCCCCCCN. The second kappa shape index (κ2) is 17.2. The molecule has 0 radical (unpaired) electrons. The summed E-state index contributed by atoms with van der Waals surface area (Å²) in [6.45, 7) is 5.04. The van der Waals surface area contributed by atoms with Crippen molar-refractivity contribution in [3.05, 3.63) is 0 Å². The first-order chi connectivity index (χ1) is 10.7. The van der Waals surface area contributed by atoms with Crippen molar-refractivity contribution in [3.63, 3.8) is 0 Å². The van der Waals surface area contributed by atoms with E-state index in [1.54, 1.807) is 0 Å². The van der Waals surface area contributed by atoms with Gasteiger partial charge >= 0.3 is 0 Å². The minimum atomic E-state index is 0.170. The van der Waals surface area contributed by atoms with E-state index in [0.29, 0.717) is 0 Å². The van der Waals surface area contributed by atoms with E-state index in [0.717, 1.165) is 32.0 Å². The van der Waals surface area contributed by atoms with Gasteiger partial charge in [-0.2, -0.15) is 0 Å². The standard InChI is InChI=1S/C18H42N4/c1-17(12-8-5-7-11-15-20)16-22-18(21)13-9-4-2-3-6-10-14-19/h17-18,22H,2-16,19-21H2,1H3. The number of unbranched alkanes of at least 4 members (excludes halogenated alkanes) is 8. The monoisotopic (exact) mass is 314 g/mol. The van der Waals surface area contributed by atoms with Crippen molar-refractivity contribution in [1.82, 2.24) is 5.32 Å². The van der Waals surface area contributed by atoms with Gasteiger partial charge in [0.25, 0.3) is 0 Å². The molecule has 0 saturated heterocycles. The molecule has 0 fully saturated rings. The van der Waals surface area contributed by atoms with E-state index < -0.39 is 0 Å². The van der Waals surface area contributed by atoms with Crippen LogP contribution in [0.4, 0.5) is 0 Å². The zero-order chi connectivity index (χ0) is 16.5. The molecule has 22 heavy (non-hydrogen) atoms. The molecule has 0 amide bonds. The van der Waals surface area contributed by atoms with Crippen LogP contribution in [-0.2, 0) is 0 Å². The predicted molar refractivity (Wildman–Crippen MR) is 98.7 cm³/mol. The zero-order valence-corrected chi connectivity index (χ0v) is 15.0. The van der Waals surface area contributed by atoms with Crippen LogP contribution >= 0.6 is 0 Å². The maximum absolute atomic E-state index is 6.14. The van der Waals surface area contributed by atoms with Crippen LogP contribution in [0.5, 0.6) is 0 Å². The molecular formula is C18H42N4. The highest BCUT2D eigenvalue weighted by Crippen LogP contribution is 2.10. The summed E-state index contributed by atoms with van der Waals surface area (Å²) >= 11 is 0. The van der Waals surface area contributed by atoms with E-state index in [4.69, 9.17) is 17.2 Å². The van der Waals surface area contributed by atoms with Gasteiger partial charge in [-0.3, -0.25) is 0 Å². The highest BCUT2D eigenvalue weighted by Gasteiger charge is 2.06. The predicted octanol–water partition coefficient (Wildman–Crippen LogP) is 3.10. The van der Waals surface area contributed by atoms with Gasteiger partial charge in [-0.05, 0) is 51.2 Å². The average Bonchev–Trinajstić information content (AvgIpc) is 2.52. The van der Waals surface area contributed by atoms with Gasteiger partial charge < -0.3 is 22.5 Å². The lowest BCUT2D eigenvalue weighted by molar-refractivity contribution is 0.397. The zero-order valence-electron chi connectivity index (χ0n) is 15.0. The van der Waals surface area contributed by atoms with E-state index in [2.05, 4.69) is 12.2 Å². The Kier molecular flexibility index (Phi) is 17.1. The number of hydrogen-bond acceptors (Lipinski definition) is 4. The maximum Gasteiger partial charge on any atom is 0.0546 e. The summed E-state index contributed by atoms with van der Waals surface area (Å²) in [6.07, 6.45) is 15.3. The molecule has 2 atom stereocenters. The Morgan fingerprint density at radius 2 is 1.14 bits per heavy atom. The maximum atomic E-state index is 6.14. The molecule has 2 unspecified atom stereocenters. The van der Waals surface area contributed by atoms with E-state index in [1.807, 2.05) is 0 Å². The van der Waals surface area contributed by atoms with E-state index in [-0.39, 0.29) is 6.17 Å². The molecule has 7 N–H and O–H groups in total. The van der Waals surface area contributed by atoms with Gasteiger partial charge in [0.1, 0.15) is 0 Å². The molecule has 0 aliphatic heterocycles. The van der Waals surface area contributed by atoms with Gasteiger partial charge in [0.15, 0.2) is 0 Å². The van der Waals surface area contributed by atoms with Gasteiger partial charge in [0, 0.05) is 0 Å². The van der Waals surface area contributed by atoms with Crippen LogP contribution in [0.3, 0.4) is 0 Å². The third kappa shape index (κ3) is 16.2. The molecule has 0 aliphatic rings. The number of rotatable bonds is 17. The molecule has 0 heterocycles. The molecule has 0 aromatic rings. The molecule has 0 bridgehead atoms. The smallest absolute Gasteiger partial charge is 0.0546 e. The second-order valence-corrected chi connectivity index (χ2v) is 6.81. The summed E-state index contributed by atoms with van der Waals surface area (Å²) in [5.74, 6) is 0.722. The fraction of sp³-hybridized carbons (Fsp3) is 1.00. The minimum absolute atomic E-state index is 0.170. The normalized spacial score (nSPS) is 14.2. The van der Waals surface area contributed by atoms with Gasteiger partial charge in [-0.25, -0.2) is 0 Å². The molecule has 4 heteroatoms. The number of nitrogens with two attached hydrogens (primary N) is 3. The Hall–Kier alpha value is -0.160. The van der Waals surface area contributed by atoms with Crippen molar-refractivity contribution in [2.45, 2.75) is 90.1 Å².